The standard InChI is InChI=1S/C18H30ClNO2/c1-14(2)5-4-6-15(3)20-11-18(21)13-22-12-16-7-9-17(19)10-8-16/h7-10,14-15,18,20-21H,4-6,11-13H2,1-3H3. The van der Waals surface area contributed by atoms with Gasteiger partial charge in [0.05, 0.1) is 19.3 Å². The molecule has 0 fully saturated rings. The van der Waals surface area contributed by atoms with E-state index < -0.39 is 6.10 Å². The van der Waals surface area contributed by atoms with E-state index in [4.69, 9.17) is 16.3 Å². The van der Waals surface area contributed by atoms with Crippen LogP contribution in [-0.2, 0) is 11.3 Å². The first-order chi connectivity index (χ1) is 10.5. The van der Waals surface area contributed by atoms with E-state index in [-0.39, 0.29) is 0 Å². The van der Waals surface area contributed by atoms with Crippen LogP contribution in [-0.4, -0.2) is 30.4 Å². The summed E-state index contributed by atoms with van der Waals surface area (Å²) in [4.78, 5) is 0. The van der Waals surface area contributed by atoms with Crippen molar-refractivity contribution in [3.8, 4) is 0 Å². The van der Waals surface area contributed by atoms with Crippen LogP contribution < -0.4 is 5.32 Å². The van der Waals surface area contributed by atoms with E-state index in [1.54, 1.807) is 0 Å². The molecule has 0 saturated carbocycles. The van der Waals surface area contributed by atoms with Gasteiger partial charge in [0.1, 0.15) is 0 Å². The number of nitrogens with one attached hydrogen (secondary N) is 1. The monoisotopic (exact) mass is 327 g/mol. The zero-order chi connectivity index (χ0) is 16.4. The third-order valence-electron chi connectivity index (χ3n) is 3.61. The molecule has 1 aromatic rings. The number of ether oxygens (including phenoxy) is 1. The van der Waals surface area contributed by atoms with Crippen molar-refractivity contribution in [3.05, 3.63) is 34.9 Å². The Hall–Kier alpha value is -0.610. The van der Waals surface area contributed by atoms with E-state index in [9.17, 15) is 5.11 Å². The highest BCUT2D eigenvalue weighted by Gasteiger charge is 2.08. The molecule has 22 heavy (non-hydrogen) atoms. The highest BCUT2D eigenvalue weighted by atomic mass is 35.5. The first-order valence-electron chi connectivity index (χ1n) is 8.21. The number of rotatable bonds is 11. The normalized spacial score (nSPS) is 14.3. The SMILES string of the molecule is CC(C)CCCC(C)NCC(O)COCc1ccc(Cl)cc1. The Morgan fingerprint density at radius 2 is 1.82 bits per heavy atom. The van der Waals surface area contributed by atoms with Gasteiger partial charge in [0.2, 0.25) is 0 Å². The zero-order valence-electron chi connectivity index (χ0n) is 14.0. The number of aliphatic hydroxyl groups excluding tert-OH is 1. The van der Waals surface area contributed by atoms with Crippen LogP contribution in [0.2, 0.25) is 5.02 Å². The van der Waals surface area contributed by atoms with Gasteiger partial charge < -0.3 is 15.2 Å². The largest absolute Gasteiger partial charge is 0.389 e. The Balaban J connectivity index is 2.07. The molecule has 3 nitrogen and oxygen atoms in total. The van der Waals surface area contributed by atoms with Crippen molar-refractivity contribution in [2.24, 2.45) is 5.92 Å². The van der Waals surface area contributed by atoms with E-state index in [0.29, 0.717) is 25.8 Å². The number of halogens is 1. The molecule has 1 rings (SSSR count). The number of hydrogen-bond donors (Lipinski definition) is 2. The minimum atomic E-state index is -0.472. The third-order valence-corrected chi connectivity index (χ3v) is 3.86. The molecule has 0 amide bonds. The first-order valence-corrected chi connectivity index (χ1v) is 8.58. The van der Waals surface area contributed by atoms with Crippen molar-refractivity contribution in [2.45, 2.75) is 58.8 Å². The summed E-state index contributed by atoms with van der Waals surface area (Å²) in [6.45, 7) is 8.08. The Morgan fingerprint density at radius 1 is 1.14 bits per heavy atom. The van der Waals surface area contributed by atoms with E-state index in [0.717, 1.165) is 22.9 Å². The van der Waals surface area contributed by atoms with E-state index >= 15 is 0 Å². The molecule has 0 radical (unpaired) electrons. The van der Waals surface area contributed by atoms with Gasteiger partial charge in [0.15, 0.2) is 0 Å². The van der Waals surface area contributed by atoms with Crippen molar-refractivity contribution in [3.63, 3.8) is 0 Å². The minimum Gasteiger partial charge on any atom is -0.389 e. The van der Waals surface area contributed by atoms with Crippen molar-refractivity contribution in [1.82, 2.24) is 5.32 Å². The van der Waals surface area contributed by atoms with Gasteiger partial charge in [-0.05, 0) is 37.0 Å². The minimum absolute atomic E-state index is 0.342. The molecule has 0 aromatic heterocycles. The molecule has 0 aliphatic rings. The highest BCUT2D eigenvalue weighted by Crippen LogP contribution is 2.10. The molecule has 2 unspecified atom stereocenters. The van der Waals surface area contributed by atoms with Gasteiger partial charge in [-0.3, -0.25) is 0 Å². The average molecular weight is 328 g/mol. The third kappa shape index (κ3) is 9.42. The lowest BCUT2D eigenvalue weighted by Crippen LogP contribution is -2.35. The van der Waals surface area contributed by atoms with Gasteiger partial charge in [-0.25, -0.2) is 0 Å². The molecule has 126 valence electrons. The number of hydrogen-bond acceptors (Lipinski definition) is 3. The molecular weight excluding hydrogens is 298 g/mol. The van der Waals surface area contributed by atoms with Gasteiger partial charge in [0, 0.05) is 17.6 Å². The Bertz CT molecular complexity index is 395. The van der Waals surface area contributed by atoms with Gasteiger partial charge in [0.25, 0.3) is 0 Å². The summed E-state index contributed by atoms with van der Waals surface area (Å²) in [5.74, 6) is 0.763. The Labute approximate surface area is 140 Å². The fourth-order valence-electron chi connectivity index (χ4n) is 2.22. The predicted molar refractivity (Wildman–Crippen MR) is 93.3 cm³/mol. The molecule has 0 bridgehead atoms. The van der Waals surface area contributed by atoms with Crippen LogP contribution in [0, 0.1) is 5.92 Å². The van der Waals surface area contributed by atoms with E-state index in [1.165, 1.54) is 12.8 Å². The molecule has 1 aromatic carbocycles. The summed E-state index contributed by atoms with van der Waals surface area (Å²) in [6.07, 6.45) is 3.17. The summed E-state index contributed by atoms with van der Waals surface area (Å²) in [6, 6.07) is 7.99. The summed E-state index contributed by atoms with van der Waals surface area (Å²) in [5.41, 5.74) is 1.06. The lowest BCUT2D eigenvalue weighted by Gasteiger charge is -2.17. The molecule has 4 heteroatoms. The molecule has 0 saturated heterocycles. The van der Waals surface area contributed by atoms with Gasteiger partial charge in [-0.15, -0.1) is 0 Å². The summed E-state index contributed by atoms with van der Waals surface area (Å²) in [5, 5.41) is 14.0. The molecule has 2 atom stereocenters. The van der Waals surface area contributed by atoms with Gasteiger partial charge in [-0.1, -0.05) is 50.4 Å². The topological polar surface area (TPSA) is 41.5 Å². The second-order valence-corrected chi connectivity index (χ2v) is 6.87. The maximum atomic E-state index is 9.93. The second-order valence-electron chi connectivity index (χ2n) is 6.43. The van der Waals surface area contributed by atoms with Crippen LogP contribution in [0.4, 0.5) is 0 Å². The zero-order valence-corrected chi connectivity index (χ0v) is 14.8. The lowest BCUT2D eigenvalue weighted by molar-refractivity contribution is 0.0277. The van der Waals surface area contributed by atoms with Crippen LogP contribution >= 0.6 is 11.6 Å². The lowest BCUT2D eigenvalue weighted by atomic mass is 10.0. The summed E-state index contributed by atoms with van der Waals surface area (Å²) < 4.78 is 5.53. The van der Waals surface area contributed by atoms with Gasteiger partial charge in [-0.2, -0.15) is 0 Å². The summed E-state index contributed by atoms with van der Waals surface area (Å²) in [7, 11) is 0. The van der Waals surface area contributed by atoms with Crippen molar-refractivity contribution in [2.75, 3.05) is 13.2 Å². The highest BCUT2D eigenvalue weighted by molar-refractivity contribution is 6.30. The Morgan fingerprint density at radius 3 is 2.45 bits per heavy atom. The fourth-order valence-corrected chi connectivity index (χ4v) is 2.35. The fraction of sp³-hybridized carbons (Fsp3) is 0.667. The first kappa shape index (κ1) is 19.4. The van der Waals surface area contributed by atoms with Crippen LogP contribution in [0.25, 0.3) is 0 Å². The predicted octanol–water partition coefficient (Wildman–Crippen LogP) is 4.02. The molecular formula is C18H30ClNO2. The molecule has 0 aliphatic carbocycles. The second kappa shape index (κ2) is 11.0. The molecule has 0 aliphatic heterocycles. The van der Waals surface area contributed by atoms with E-state index in [1.807, 2.05) is 24.3 Å². The average Bonchev–Trinajstić information content (AvgIpc) is 2.47. The molecule has 0 heterocycles. The van der Waals surface area contributed by atoms with Crippen molar-refractivity contribution >= 4 is 11.6 Å². The summed E-state index contributed by atoms with van der Waals surface area (Å²) >= 11 is 5.83. The number of benzene rings is 1. The van der Waals surface area contributed by atoms with Crippen LogP contribution in [0.1, 0.15) is 45.6 Å². The van der Waals surface area contributed by atoms with Gasteiger partial charge >= 0.3 is 0 Å². The van der Waals surface area contributed by atoms with Crippen LogP contribution in [0.3, 0.4) is 0 Å². The van der Waals surface area contributed by atoms with Crippen LogP contribution in [0.15, 0.2) is 24.3 Å². The maximum absolute atomic E-state index is 9.93. The molecule has 0 spiro atoms. The molecule has 2 N–H and O–H groups in total. The Kier molecular flexibility index (Phi) is 9.73. The number of aliphatic hydroxyl groups is 1. The quantitative estimate of drug-likeness (QED) is 0.645. The van der Waals surface area contributed by atoms with Crippen LogP contribution in [0.5, 0.6) is 0 Å². The van der Waals surface area contributed by atoms with Crippen molar-refractivity contribution in [1.29, 1.82) is 0 Å². The smallest absolute Gasteiger partial charge is 0.0897 e. The van der Waals surface area contributed by atoms with E-state index in [2.05, 4.69) is 26.1 Å². The van der Waals surface area contributed by atoms with Crippen molar-refractivity contribution < 1.29 is 9.84 Å². The maximum Gasteiger partial charge on any atom is 0.0897 e.